The van der Waals surface area contributed by atoms with Crippen LogP contribution in [0, 0.1) is 0 Å². The molecule has 2 aliphatic rings. The summed E-state index contributed by atoms with van der Waals surface area (Å²) in [5, 5.41) is 7.19. The molecule has 3 N–H and O–H groups in total. The average molecular weight is 244 g/mol. The monoisotopic (exact) mass is 244 g/mol. The number of imidazole rings is 1. The smallest absolute Gasteiger partial charge is 0.182 e. The fourth-order valence-electron chi connectivity index (χ4n) is 3.24. The maximum atomic E-state index is 4.33. The molecule has 94 valence electrons. The molecule has 2 aromatic heterocycles. The van der Waals surface area contributed by atoms with Gasteiger partial charge in [0.05, 0.1) is 6.33 Å². The number of piperidine rings is 1. The summed E-state index contributed by atoms with van der Waals surface area (Å²) >= 11 is 0. The van der Waals surface area contributed by atoms with E-state index in [9.17, 15) is 0 Å². The van der Waals surface area contributed by atoms with Crippen molar-refractivity contribution in [1.82, 2.24) is 25.3 Å². The highest BCUT2D eigenvalue weighted by molar-refractivity contribution is 5.82. The van der Waals surface area contributed by atoms with Crippen molar-refractivity contribution in [2.24, 2.45) is 0 Å². The van der Waals surface area contributed by atoms with Crippen LogP contribution in [0.3, 0.4) is 0 Å². The van der Waals surface area contributed by atoms with Crippen LogP contribution in [0.2, 0.25) is 0 Å². The molecule has 2 aromatic rings. The van der Waals surface area contributed by atoms with E-state index in [0.29, 0.717) is 18.1 Å². The Labute approximate surface area is 105 Å². The Hall–Kier alpha value is -1.69. The second kappa shape index (κ2) is 3.91. The third-order valence-electron chi connectivity index (χ3n) is 4.04. The van der Waals surface area contributed by atoms with Crippen LogP contribution >= 0.6 is 0 Å². The van der Waals surface area contributed by atoms with Gasteiger partial charge in [0.1, 0.15) is 11.8 Å². The number of H-pyrrole nitrogens is 1. The summed E-state index contributed by atoms with van der Waals surface area (Å²) in [6.45, 7) is 0. The third kappa shape index (κ3) is 1.64. The Balaban J connectivity index is 1.59. The lowest BCUT2D eigenvalue weighted by atomic mass is 10.00. The molecule has 2 aliphatic heterocycles. The lowest BCUT2D eigenvalue weighted by Crippen LogP contribution is -2.43. The highest BCUT2D eigenvalue weighted by Crippen LogP contribution is 2.29. The molecule has 6 heteroatoms. The Morgan fingerprint density at radius 2 is 1.94 bits per heavy atom. The molecule has 0 aliphatic carbocycles. The first-order chi connectivity index (χ1) is 8.88. The largest absolute Gasteiger partial charge is 0.365 e. The predicted molar refractivity (Wildman–Crippen MR) is 68.3 cm³/mol. The van der Waals surface area contributed by atoms with E-state index in [-0.39, 0.29) is 0 Å². The molecule has 0 aromatic carbocycles. The van der Waals surface area contributed by atoms with Gasteiger partial charge in [-0.05, 0) is 25.7 Å². The molecule has 2 saturated heterocycles. The minimum Gasteiger partial charge on any atom is -0.365 e. The van der Waals surface area contributed by atoms with Crippen LogP contribution < -0.4 is 10.6 Å². The maximum absolute atomic E-state index is 4.33. The standard InChI is InChI=1S/C12H16N6/c1-2-8-4-9(3-7(1)17-8)18-12-10-11(14-5-13-10)15-6-16-12/h5-9,17H,1-4H2,(H2,13,14,15,16,18). The normalized spacial score (nSPS) is 30.8. The van der Waals surface area contributed by atoms with Crippen LogP contribution in [-0.4, -0.2) is 38.1 Å². The number of fused-ring (bicyclic) bond motifs is 3. The zero-order chi connectivity index (χ0) is 11.9. The van der Waals surface area contributed by atoms with Crippen molar-refractivity contribution in [3.8, 4) is 0 Å². The molecule has 0 spiro atoms. The van der Waals surface area contributed by atoms with E-state index in [1.54, 1.807) is 12.7 Å². The van der Waals surface area contributed by atoms with Crippen molar-refractivity contribution in [1.29, 1.82) is 0 Å². The summed E-state index contributed by atoms with van der Waals surface area (Å²) in [7, 11) is 0. The number of aromatic nitrogens is 4. The maximum Gasteiger partial charge on any atom is 0.182 e. The van der Waals surface area contributed by atoms with Gasteiger partial charge in [-0.15, -0.1) is 0 Å². The molecule has 6 nitrogen and oxygen atoms in total. The van der Waals surface area contributed by atoms with Gasteiger partial charge < -0.3 is 15.6 Å². The number of hydrogen-bond acceptors (Lipinski definition) is 5. The van der Waals surface area contributed by atoms with Gasteiger partial charge in [0.2, 0.25) is 0 Å². The van der Waals surface area contributed by atoms with Crippen molar-refractivity contribution in [2.75, 3.05) is 5.32 Å². The van der Waals surface area contributed by atoms with E-state index >= 15 is 0 Å². The molecule has 0 radical (unpaired) electrons. The Bertz CT molecular complexity index is 552. The van der Waals surface area contributed by atoms with Crippen molar-refractivity contribution in [3.05, 3.63) is 12.7 Å². The molecular formula is C12H16N6. The van der Waals surface area contributed by atoms with Crippen LogP contribution in [0.1, 0.15) is 25.7 Å². The lowest BCUT2D eigenvalue weighted by molar-refractivity contribution is 0.378. The predicted octanol–water partition coefficient (Wildman–Crippen LogP) is 1.05. The highest BCUT2D eigenvalue weighted by atomic mass is 15.1. The van der Waals surface area contributed by atoms with Gasteiger partial charge in [0.25, 0.3) is 0 Å². The summed E-state index contributed by atoms with van der Waals surface area (Å²) in [5.41, 5.74) is 1.63. The molecule has 0 amide bonds. The van der Waals surface area contributed by atoms with Gasteiger partial charge in [-0.1, -0.05) is 0 Å². The van der Waals surface area contributed by atoms with Gasteiger partial charge in [-0.2, -0.15) is 0 Å². The summed E-state index contributed by atoms with van der Waals surface area (Å²) < 4.78 is 0. The second-order valence-electron chi connectivity index (χ2n) is 5.27. The second-order valence-corrected chi connectivity index (χ2v) is 5.27. The number of rotatable bonds is 2. The van der Waals surface area contributed by atoms with Crippen LogP contribution in [0.25, 0.3) is 11.2 Å². The molecule has 2 fully saturated rings. The minimum absolute atomic E-state index is 0.505. The van der Waals surface area contributed by atoms with E-state index in [0.717, 1.165) is 17.0 Å². The highest BCUT2D eigenvalue weighted by Gasteiger charge is 2.33. The van der Waals surface area contributed by atoms with Crippen molar-refractivity contribution in [3.63, 3.8) is 0 Å². The summed E-state index contributed by atoms with van der Waals surface area (Å²) in [5.74, 6) is 0.879. The number of aromatic amines is 1. The summed E-state index contributed by atoms with van der Waals surface area (Å²) in [6, 6.07) is 1.87. The summed E-state index contributed by atoms with van der Waals surface area (Å²) in [6.07, 6.45) is 8.21. The first kappa shape index (κ1) is 10.3. The number of nitrogens with zero attached hydrogens (tertiary/aromatic N) is 3. The van der Waals surface area contributed by atoms with Gasteiger partial charge in [0.15, 0.2) is 11.5 Å². The van der Waals surface area contributed by atoms with E-state index in [1.807, 2.05) is 0 Å². The zero-order valence-corrected chi connectivity index (χ0v) is 10.1. The topological polar surface area (TPSA) is 78.5 Å². The average Bonchev–Trinajstić information content (AvgIpc) is 2.97. The van der Waals surface area contributed by atoms with E-state index in [2.05, 4.69) is 30.6 Å². The van der Waals surface area contributed by atoms with Crippen LogP contribution in [-0.2, 0) is 0 Å². The van der Waals surface area contributed by atoms with Crippen molar-refractivity contribution in [2.45, 2.75) is 43.8 Å². The number of nitrogens with one attached hydrogen (secondary N) is 3. The van der Waals surface area contributed by atoms with E-state index in [4.69, 9.17) is 0 Å². The first-order valence-corrected chi connectivity index (χ1v) is 6.55. The van der Waals surface area contributed by atoms with Gasteiger partial charge >= 0.3 is 0 Å². The molecule has 4 rings (SSSR count). The molecule has 2 unspecified atom stereocenters. The lowest BCUT2D eigenvalue weighted by Gasteiger charge is -2.30. The zero-order valence-electron chi connectivity index (χ0n) is 10.1. The quantitative estimate of drug-likeness (QED) is 0.736. The van der Waals surface area contributed by atoms with Gasteiger partial charge in [-0.25, -0.2) is 15.0 Å². The summed E-state index contributed by atoms with van der Waals surface area (Å²) in [4.78, 5) is 15.7. The van der Waals surface area contributed by atoms with Crippen LogP contribution in [0.5, 0.6) is 0 Å². The van der Waals surface area contributed by atoms with E-state index in [1.165, 1.54) is 25.7 Å². The number of hydrogen-bond donors (Lipinski definition) is 3. The minimum atomic E-state index is 0.505. The van der Waals surface area contributed by atoms with Gasteiger partial charge in [0, 0.05) is 18.1 Å². The molecule has 2 bridgehead atoms. The van der Waals surface area contributed by atoms with Crippen LogP contribution in [0.15, 0.2) is 12.7 Å². The molecular weight excluding hydrogens is 228 g/mol. The Kier molecular flexibility index (Phi) is 2.23. The van der Waals surface area contributed by atoms with Crippen LogP contribution in [0.4, 0.5) is 5.82 Å². The SMILES string of the molecule is c1nc(NC2CC3CCC(C2)N3)c2[nH]cnc2n1. The first-order valence-electron chi connectivity index (χ1n) is 6.55. The Morgan fingerprint density at radius 3 is 2.78 bits per heavy atom. The van der Waals surface area contributed by atoms with Crippen molar-refractivity contribution >= 4 is 17.0 Å². The fraction of sp³-hybridized carbons (Fsp3) is 0.583. The Morgan fingerprint density at radius 1 is 1.11 bits per heavy atom. The number of anilines is 1. The molecule has 4 heterocycles. The van der Waals surface area contributed by atoms with Crippen molar-refractivity contribution < 1.29 is 0 Å². The molecule has 2 atom stereocenters. The van der Waals surface area contributed by atoms with Gasteiger partial charge in [-0.3, -0.25) is 0 Å². The fourth-order valence-corrected chi connectivity index (χ4v) is 3.24. The molecule has 18 heavy (non-hydrogen) atoms. The third-order valence-corrected chi connectivity index (χ3v) is 4.04. The molecule has 0 saturated carbocycles. The van der Waals surface area contributed by atoms with E-state index < -0.39 is 0 Å².